The van der Waals surface area contributed by atoms with Crippen LogP contribution in [0.15, 0.2) is 29.2 Å². The predicted molar refractivity (Wildman–Crippen MR) is 104 cm³/mol. The highest BCUT2D eigenvalue weighted by Gasteiger charge is 2.41. The Kier molecular flexibility index (Phi) is 4.80. The topological polar surface area (TPSA) is 83.4 Å². The molecule has 0 unspecified atom stereocenters. The Morgan fingerprint density at radius 2 is 2.07 bits per heavy atom. The second kappa shape index (κ2) is 7.17. The predicted octanol–water partition coefficient (Wildman–Crippen LogP) is 3.14. The van der Waals surface area contributed by atoms with Gasteiger partial charge in [0.2, 0.25) is 11.2 Å². The van der Waals surface area contributed by atoms with Crippen molar-refractivity contribution in [1.29, 1.82) is 0 Å². The van der Waals surface area contributed by atoms with E-state index in [9.17, 15) is 23.5 Å². The molecule has 2 heterocycles. The van der Waals surface area contributed by atoms with Crippen molar-refractivity contribution in [3.8, 4) is 5.75 Å². The third-order valence-corrected chi connectivity index (χ3v) is 6.04. The van der Waals surface area contributed by atoms with Crippen molar-refractivity contribution in [2.75, 3.05) is 5.32 Å². The van der Waals surface area contributed by atoms with Crippen molar-refractivity contribution in [3.05, 3.63) is 57.4 Å². The molecule has 1 amide bonds. The largest absolute Gasteiger partial charge is 0.502 e. The van der Waals surface area contributed by atoms with Crippen molar-refractivity contribution in [2.45, 2.75) is 51.2 Å². The highest BCUT2D eigenvalue weighted by atomic mass is 19.1. The van der Waals surface area contributed by atoms with Crippen LogP contribution in [0.5, 0.6) is 5.75 Å². The van der Waals surface area contributed by atoms with Gasteiger partial charge in [-0.15, -0.1) is 0 Å². The quantitative estimate of drug-likeness (QED) is 0.735. The smallest absolute Gasteiger partial charge is 0.257 e. The maximum absolute atomic E-state index is 13.8. The molecule has 1 spiro atoms. The monoisotopic (exact) mass is 403 g/mol. The van der Waals surface area contributed by atoms with Crippen LogP contribution in [0.2, 0.25) is 0 Å². The first-order valence-electron chi connectivity index (χ1n) is 9.75. The summed E-state index contributed by atoms with van der Waals surface area (Å²) in [4.78, 5) is 25.1. The number of nitrogens with one attached hydrogen (secondary N) is 2. The lowest BCUT2D eigenvalue weighted by atomic mass is 9.77. The van der Waals surface area contributed by atoms with Crippen molar-refractivity contribution in [2.24, 2.45) is 5.92 Å². The van der Waals surface area contributed by atoms with Gasteiger partial charge in [0.1, 0.15) is 17.2 Å². The lowest BCUT2D eigenvalue weighted by Crippen LogP contribution is -2.40. The Balaban J connectivity index is 1.54. The van der Waals surface area contributed by atoms with Crippen molar-refractivity contribution >= 4 is 11.7 Å². The first-order valence-corrected chi connectivity index (χ1v) is 9.75. The Labute approximate surface area is 166 Å². The number of rotatable bonds is 3. The van der Waals surface area contributed by atoms with E-state index >= 15 is 0 Å². The van der Waals surface area contributed by atoms with Gasteiger partial charge in [0.25, 0.3) is 5.91 Å². The minimum absolute atomic E-state index is 0.0992. The molecule has 1 fully saturated rings. The normalized spacial score (nSPS) is 22.9. The molecule has 0 atom stereocenters. The zero-order chi connectivity index (χ0) is 20.8. The number of hydrogen-bond donors (Lipinski definition) is 3. The summed E-state index contributed by atoms with van der Waals surface area (Å²) in [5, 5.41) is 16.2. The Morgan fingerprint density at radius 3 is 2.76 bits per heavy atom. The fraction of sp³-hybridized carbons (Fsp3) is 0.429. The van der Waals surface area contributed by atoms with E-state index in [0.717, 1.165) is 37.8 Å². The number of carbonyl (C=O) groups excluding carboxylic acids is 1. The van der Waals surface area contributed by atoms with E-state index in [0.29, 0.717) is 18.3 Å². The summed E-state index contributed by atoms with van der Waals surface area (Å²) in [6.07, 6.45) is 5.41. The van der Waals surface area contributed by atoms with Crippen LogP contribution in [0.4, 0.5) is 14.6 Å². The van der Waals surface area contributed by atoms with E-state index in [2.05, 4.69) is 17.6 Å². The van der Waals surface area contributed by atoms with Crippen LogP contribution in [0, 0.1) is 17.6 Å². The number of aromatic nitrogens is 1. The fourth-order valence-electron chi connectivity index (χ4n) is 4.22. The van der Waals surface area contributed by atoms with Gasteiger partial charge >= 0.3 is 0 Å². The van der Waals surface area contributed by atoms with Gasteiger partial charge in [0, 0.05) is 30.9 Å². The van der Waals surface area contributed by atoms with E-state index in [-0.39, 0.29) is 23.2 Å². The third kappa shape index (κ3) is 3.59. The van der Waals surface area contributed by atoms with Crippen LogP contribution in [0.25, 0.3) is 0 Å². The van der Waals surface area contributed by atoms with Crippen LogP contribution in [-0.2, 0) is 13.1 Å². The molecule has 29 heavy (non-hydrogen) atoms. The van der Waals surface area contributed by atoms with Gasteiger partial charge in [-0.25, -0.2) is 8.78 Å². The first kappa shape index (κ1) is 19.4. The highest BCUT2D eigenvalue weighted by molar-refractivity contribution is 5.94. The molecule has 1 aliphatic heterocycles. The number of pyridine rings is 1. The SMILES string of the molecule is CC1CCC2(CC1)Cn1cc(C(=O)NCc3ccc(F)cc3F)c(=O)c(O)c1N2. The number of benzene rings is 1. The Hall–Kier alpha value is -2.90. The highest BCUT2D eigenvalue weighted by Crippen LogP contribution is 2.41. The first-order chi connectivity index (χ1) is 13.8. The fourth-order valence-corrected chi connectivity index (χ4v) is 4.22. The summed E-state index contributed by atoms with van der Waals surface area (Å²) in [5.41, 5.74) is -1.10. The van der Waals surface area contributed by atoms with Crippen molar-refractivity contribution < 1.29 is 18.7 Å². The van der Waals surface area contributed by atoms with Gasteiger partial charge in [0.05, 0.1) is 5.54 Å². The summed E-state index contributed by atoms with van der Waals surface area (Å²) < 4.78 is 28.5. The van der Waals surface area contributed by atoms with Crippen molar-refractivity contribution in [1.82, 2.24) is 9.88 Å². The summed E-state index contributed by atoms with van der Waals surface area (Å²) in [5.74, 6) is -1.71. The number of nitrogens with zero attached hydrogens (tertiary/aromatic N) is 1. The van der Waals surface area contributed by atoms with E-state index < -0.39 is 28.7 Å². The molecule has 0 saturated heterocycles. The Morgan fingerprint density at radius 1 is 1.34 bits per heavy atom. The summed E-state index contributed by atoms with van der Waals surface area (Å²) in [6, 6.07) is 3.06. The van der Waals surface area contributed by atoms with Crippen LogP contribution in [0.3, 0.4) is 0 Å². The standard InChI is InChI=1S/C21H23F2N3O3/c1-12-4-6-21(7-5-12)11-26-10-15(17(27)18(28)19(26)25-21)20(29)24-9-13-2-3-14(22)8-16(13)23/h2-3,8,10,12,25,28H,4-7,9,11H2,1H3,(H,24,29). The number of hydrogen-bond acceptors (Lipinski definition) is 4. The van der Waals surface area contributed by atoms with E-state index in [1.54, 1.807) is 4.57 Å². The molecule has 1 aromatic heterocycles. The lowest BCUT2D eigenvalue weighted by molar-refractivity contribution is 0.0948. The molecule has 1 saturated carbocycles. The molecular formula is C21H23F2N3O3. The van der Waals surface area contributed by atoms with Gasteiger partial charge in [-0.3, -0.25) is 9.59 Å². The Bertz CT molecular complexity index is 1030. The second-order valence-electron chi connectivity index (χ2n) is 8.20. The van der Waals surface area contributed by atoms with Gasteiger partial charge in [-0.1, -0.05) is 13.0 Å². The lowest BCUT2D eigenvalue weighted by Gasteiger charge is -2.36. The van der Waals surface area contributed by atoms with Crippen LogP contribution < -0.4 is 16.1 Å². The van der Waals surface area contributed by atoms with Crippen LogP contribution >= 0.6 is 0 Å². The molecule has 4 rings (SSSR count). The summed E-state index contributed by atoms with van der Waals surface area (Å²) in [7, 11) is 0. The van der Waals surface area contributed by atoms with Gasteiger partial charge in [-0.2, -0.15) is 0 Å². The van der Waals surface area contributed by atoms with Gasteiger partial charge in [-0.05, 0) is 37.7 Å². The molecule has 6 nitrogen and oxygen atoms in total. The molecule has 0 bridgehead atoms. The summed E-state index contributed by atoms with van der Waals surface area (Å²) >= 11 is 0. The summed E-state index contributed by atoms with van der Waals surface area (Å²) in [6.45, 7) is 2.57. The molecule has 0 radical (unpaired) electrons. The number of anilines is 1. The molecule has 1 aromatic carbocycles. The number of amides is 1. The van der Waals surface area contributed by atoms with Gasteiger partial charge < -0.3 is 20.3 Å². The number of halogens is 2. The molecular weight excluding hydrogens is 380 g/mol. The number of fused-ring (bicyclic) bond motifs is 1. The average molecular weight is 403 g/mol. The second-order valence-corrected chi connectivity index (χ2v) is 8.20. The maximum Gasteiger partial charge on any atom is 0.257 e. The van der Waals surface area contributed by atoms with Crippen LogP contribution in [-0.4, -0.2) is 21.1 Å². The van der Waals surface area contributed by atoms with E-state index in [4.69, 9.17) is 0 Å². The van der Waals surface area contributed by atoms with Crippen molar-refractivity contribution in [3.63, 3.8) is 0 Å². The van der Waals surface area contributed by atoms with E-state index in [1.807, 2.05) is 0 Å². The number of aromatic hydroxyl groups is 1. The molecule has 154 valence electrons. The minimum atomic E-state index is -0.781. The minimum Gasteiger partial charge on any atom is -0.502 e. The molecule has 1 aliphatic carbocycles. The zero-order valence-corrected chi connectivity index (χ0v) is 16.1. The number of carbonyl (C=O) groups is 1. The molecule has 8 heteroatoms. The third-order valence-electron chi connectivity index (χ3n) is 6.04. The maximum atomic E-state index is 13.8. The van der Waals surface area contributed by atoms with Gasteiger partial charge in [0.15, 0.2) is 5.82 Å². The average Bonchev–Trinajstić information content (AvgIpc) is 3.05. The molecule has 3 N–H and O–H groups in total. The molecule has 2 aliphatic rings. The molecule has 2 aromatic rings. The zero-order valence-electron chi connectivity index (χ0n) is 16.1. The van der Waals surface area contributed by atoms with E-state index in [1.165, 1.54) is 12.3 Å². The van der Waals surface area contributed by atoms with Crippen LogP contribution in [0.1, 0.15) is 48.5 Å².